The third kappa shape index (κ3) is 2.84. The predicted molar refractivity (Wildman–Crippen MR) is 61.9 cm³/mol. The third-order valence-corrected chi connectivity index (χ3v) is 2.72. The molecule has 0 aliphatic carbocycles. The number of carbonyl (C=O) groups excluding carboxylic acids is 2. The van der Waals surface area contributed by atoms with Gasteiger partial charge in [0, 0.05) is 24.6 Å². The van der Waals surface area contributed by atoms with Crippen LogP contribution in [0.3, 0.4) is 0 Å². The van der Waals surface area contributed by atoms with Gasteiger partial charge in [0.05, 0.1) is 11.0 Å². The molecule has 0 bridgehead atoms. The normalized spacial score (nSPS) is 17.9. The highest BCUT2D eigenvalue weighted by atomic mass is 19.1. The Morgan fingerprint density at radius 2 is 2.26 bits per heavy atom. The molecule has 0 spiro atoms. The molecule has 0 radical (unpaired) electrons. The maximum Gasteiger partial charge on any atom is 0.304 e. The van der Waals surface area contributed by atoms with Crippen LogP contribution in [0.1, 0.15) is 16.8 Å². The van der Waals surface area contributed by atoms with Gasteiger partial charge in [-0.3, -0.25) is 19.7 Å². The minimum Gasteiger partial charge on any atom is -0.354 e. The van der Waals surface area contributed by atoms with Gasteiger partial charge in [0.15, 0.2) is 0 Å². The number of rotatable bonds is 3. The molecule has 1 heterocycles. The van der Waals surface area contributed by atoms with E-state index < -0.39 is 22.3 Å². The molecule has 8 heteroatoms. The molecule has 19 heavy (non-hydrogen) atoms. The molecule has 2 amide bonds. The average molecular weight is 267 g/mol. The summed E-state index contributed by atoms with van der Waals surface area (Å²) in [5.74, 6) is -1.81. The molecule has 1 saturated heterocycles. The fourth-order valence-electron chi connectivity index (χ4n) is 1.77. The topological polar surface area (TPSA) is 101 Å². The predicted octanol–water partition coefficient (Wildman–Crippen LogP) is 0.352. The van der Waals surface area contributed by atoms with Crippen LogP contribution in [-0.4, -0.2) is 29.3 Å². The van der Waals surface area contributed by atoms with E-state index in [0.717, 1.165) is 12.1 Å². The number of nitrogens with zero attached hydrogens (tertiary/aromatic N) is 1. The van der Waals surface area contributed by atoms with Crippen LogP contribution in [0, 0.1) is 15.9 Å². The molecule has 1 atom stereocenters. The van der Waals surface area contributed by atoms with Crippen molar-refractivity contribution in [3.05, 3.63) is 39.7 Å². The van der Waals surface area contributed by atoms with E-state index in [9.17, 15) is 24.1 Å². The Kier molecular flexibility index (Phi) is 3.41. The van der Waals surface area contributed by atoms with Crippen LogP contribution in [0.2, 0.25) is 0 Å². The van der Waals surface area contributed by atoms with Crippen LogP contribution in [0.15, 0.2) is 18.2 Å². The van der Waals surface area contributed by atoms with Crippen molar-refractivity contribution in [2.24, 2.45) is 0 Å². The quantitative estimate of drug-likeness (QED) is 0.609. The van der Waals surface area contributed by atoms with Gasteiger partial charge in [-0.2, -0.15) is 4.39 Å². The number of hydrogen-bond donors (Lipinski definition) is 2. The zero-order chi connectivity index (χ0) is 14.0. The van der Waals surface area contributed by atoms with Crippen molar-refractivity contribution in [2.75, 3.05) is 6.54 Å². The number of halogens is 1. The van der Waals surface area contributed by atoms with E-state index >= 15 is 0 Å². The number of hydrogen-bond acceptors (Lipinski definition) is 4. The Hall–Kier alpha value is -2.51. The third-order valence-electron chi connectivity index (χ3n) is 2.72. The van der Waals surface area contributed by atoms with Gasteiger partial charge in [-0.15, -0.1) is 0 Å². The zero-order valence-corrected chi connectivity index (χ0v) is 9.68. The average Bonchev–Trinajstić information content (AvgIpc) is 2.74. The van der Waals surface area contributed by atoms with Crippen molar-refractivity contribution in [1.29, 1.82) is 0 Å². The zero-order valence-electron chi connectivity index (χ0n) is 9.68. The van der Waals surface area contributed by atoms with E-state index in [2.05, 4.69) is 10.6 Å². The van der Waals surface area contributed by atoms with Gasteiger partial charge in [0.1, 0.15) is 0 Å². The van der Waals surface area contributed by atoms with Gasteiger partial charge < -0.3 is 10.6 Å². The number of nitrogens with one attached hydrogen (secondary N) is 2. The SMILES string of the molecule is O=C1CC(NC(=O)c2ccc([N+](=O)[O-])c(F)c2)CN1. The number of benzene rings is 1. The molecule has 1 unspecified atom stereocenters. The molecule has 0 aromatic heterocycles. The Balaban J connectivity index is 2.09. The molecule has 2 N–H and O–H groups in total. The fraction of sp³-hybridized carbons (Fsp3) is 0.273. The van der Waals surface area contributed by atoms with Gasteiger partial charge in [-0.05, 0) is 12.1 Å². The van der Waals surface area contributed by atoms with E-state index in [0.29, 0.717) is 6.54 Å². The number of nitro groups is 1. The molecule has 2 rings (SSSR count). The Morgan fingerprint density at radius 1 is 1.53 bits per heavy atom. The lowest BCUT2D eigenvalue weighted by Gasteiger charge is -2.10. The van der Waals surface area contributed by atoms with E-state index in [1.807, 2.05) is 0 Å². The molecule has 1 aromatic rings. The highest BCUT2D eigenvalue weighted by Crippen LogP contribution is 2.18. The standard InChI is InChI=1S/C11H10FN3O4/c12-8-3-6(1-2-9(8)15(18)19)11(17)14-7-4-10(16)13-5-7/h1-3,7H,4-5H2,(H,13,16)(H,14,17). The molecule has 100 valence electrons. The summed E-state index contributed by atoms with van der Waals surface area (Å²) in [6.07, 6.45) is 0.168. The molecule has 1 aliphatic heterocycles. The number of carbonyl (C=O) groups is 2. The van der Waals surface area contributed by atoms with Crippen LogP contribution in [0.5, 0.6) is 0 Å². The van der Waals surface area contributed by atoms with Crippen molar-refractivity contribution >= 4 is 17.5 Å². The first kappa shape index (κ1) is 12.9. The highest BCUT2D eigenvalue weighted by Gasteiger charge is 2.24. The fourth-order valence-corrected chi connectivity index (χ4v) is 1.77. The summed E-state index contributed by atoms with van der Waals surface area (Å²) < 4.78 is 13.3. The van der Waals surface area contributed by atoms with Crippen molar-refractivity contribution < 1.29 is 18.9 Å². The van der Waals surface area contributed by atoms with Gasteiger partial charge in [-0.1, -0.05) is 0 Å². The van der Waals surface area contributed by atoms with Crippen LogP contribution in [-0.2, 0) is 4.79 Å². The lowest BCUT2D eigenvalue weighted by atomic mass is 10.1. The Bertz CT molecular complexity index is 561. The number of amides is 2. The van der Waals surface area contributed by atoms with E-state index in [1.54, 1.807) is 0 Å². The first-order valence-corrected chi connectivity index (χ1v) is 5.49. The summed E-state index contributed by atoms with van der Waals surface area (Å²) in [4.78, 5) is 32.3. The first-order chi connectivity index (χ1) is 8.97. The minimum absolute atomic E-state index is 0.0255. The minimum atomic E-state index is -1.07. The molecule has 7 nitrogen and oxygen atoms in total. The van der Waals surface area contributed by atoms with Crippen LogP contribution < -0.4 is 10.6 Å². The Labute approximate surface area is 106 Å². The number of nitro benzene ring substituents is 1. The smallest absolute Gasteiger partial charge is 0.304 e. The van der Waals surface area contributed by atoms with Crippen LogP contribution in [0.4, 0.5) is 10.1 Å². The first-order valence-electron chi connectivity index (χ1n) is 5.49. The summed E-state index contributed by atoms with van der Waals surface area (Å²) in [6.45, 7) is 0.319. The van der Waals surface area contributed by atoms with Crippen molar-refractivity contribution in [1.82, 2.24) is 10.6 Å². The lowest BCUT2D eigenvalue weighted by molar-refractivity contribution is -0.387. The van der Waals surface area contributed by atoms with Crippen molar-refractivity contribution in [3.8, 4) is 0 Å². The van der Waals surface area contributed by atoms with Gasteiger partial charge in [-0.25, -0.2) is 0 Å². The molecule has 1 aliphatic rings. The monoisotopic (exact) mass is 267 g/mol. The van der Waals surface area contributed by atoms with E-state index in [-0.39, 0.29) is 23.9 Å². The maximum atomic E-state index is 13.3. The molecular formula is C11H10FN3O4. The summed E-state index contributed by atoms with van der Waals surface area (Å²) in [7, 11) is 0. The van der Waals surface area contributed by atoms with Gasteiger partial charge in [0.2, 0.25) is 11.7 Å². The largest absolute Gasteiger partial charge is 0.354 e. The molecular weight excluding hydrogens is 257 g/mol. The van der Waals surface area contributed by atoms with Crippen molar-refractivity contribution in [3.63, 3.8) is 0 Å². The Morgan fingerprint density at radius 3 is 2.79 bits per heavy atom. The lowest BCUT2D eigenvalue weighted by Crippen LogP contribution is -2.36. The summed E-state index contributed by atoms with van der Waals surface area (Å²) in [5.41, 5.74) is -0.711. The second kappa shape index (κ2) is 5.01. The molecule has 0 saturated carbocycles. The van der Waals surface area contributed by atoms with Gasteiger partial charge >= 0.3 is 5.69 Å². The van der Waals surface area contributed by atoms with Crippen LogP contribution >= 0.6 is 0 Å². The van der Waals surface area contributed by atoms with E-state index in [1.165, 1.54) is 6.07 Å². The van der Waals surface area contributed by atoms with Crippen molar-refractivity contribution in [2.45, 2.75) is 12.5 Å². The molecule has 1 fully saturated rings. The van der Waals surface area contributed by atoms with E-state index in [4.69, 9.17) is 0 Å². The van der Waals surface area contributed by atoms with Crippen LogP contribution in [0.25, 0.3) is 0 Å². The maximum absolute atomic E-state index is 13.3. The second-order valence-electron chi connectivity index (χ2n) is 4.10. The van der Waals surface area contributed by atoms with Gasteiger partial charge in [0.25, 0.3) is 5.91 Å². The summed E-state index contributed by atoms with van der Waals surface area (Å²) in [5, 5.41) is 15.5. The molecule has 1 aromatic carbocycles. The highest BCUT2D eigenvalue weighted by molar-refractivity contribution is 5.95. The summed E-state index contributed by atoms with van der Waals surface area (Å²) in [6, 6.07) is 2.55. The summed E-state index contributed by atoms with van der Waals surface area (Å²) >= 11 is 0. The second-order valence-corrected chi connectivity index (χ2v) is 4.10.